The van der Waals surface area contributed by atoms with Gasteiger partial charge in [0.25, 0.3) is 0 Å². The Kier molecular flexibility index (Phi) is 4.43. The molecule has 6 heteroatoms. The van der Waals surface area contributed by atoms with Crippen molar-refractivity contribution in [2.75, 3.05) is 11.9 Å². The lowest BCUT2D eigenvalue weighted by Crippen LogP contribution is -2.03. The third kappa shape index (κ3) is 3.29. The van der Waals surface area contributed by atoms with E-state index in [9.17, 15) is 4.79 Å². The highest BCUT2D eigenvalue weighted by atomic mass is 79.9. The molecule has 22 heavy (non-hydrogen) atoms. The van der Waals surface area contributed by atoms with Crippen molar-refractivity contribution in [1.29, 1.82) is 0 Å². The molecule has 0 saturated heterocycles. The maximum atomic E-state index is 12.0. The fourth-order valence-corrected chi connectivity index (χ4v) is 3.17. The summed E-state index contributed by atoms with van der Waals surface area (Å²) < 4.78 is 6.04. The molecule has 112 valence electrons. The Morgan fingerprint density at radius 2 is 1.82 bits per heavy atom. The number of hydrogen-bond acceptors (Lipinski definition) is 3. The summed E-state index contributed by atoms with van der Waals surface area (Å²) in [6.45, 7) is 0.185. The fourth-order valence-electron chi connectivity index (χ4n) is 2.24. The first kappa shape index (κ1) is 15.4. The summed E-state index contributed by atoms with van der Waals surface area (Å²) >= 11 is 15.4. The highest BCUT2D eigenvalue weighted by molar-refractivity contribution is 9.10. The van der Waals surface area contributed by atoms with Crippen molar-refractivity contribution in [2.24, 2.45) is 0 Å². The number of esters is 1. The third-order valence-corrected chi connectivity index (χ3v) is 4.05. The third-order valence-electron chi connectivity index (χ3n) is 3.12. The summed E-state index contributed by atoms with van der Waals surface area (Å²) in [5.74, 6) is -0.353. The van der Waals surface area contributed by atoms with Crippen LogP contribution in [0.25, 0.3) is 5.57 Å². The molecule has 0 aliphatic carbocycles. The molecule has 0 unspecified atom stereocenters. The first-order chi connectivity index (χ1) is 10.5. The Bertz CT molecular complexity index is 769. The molecule has 3 nitrogen and oxygen atoms in total. The molecule has 0 radical (unpaired) electrons. The SMILES string of the molecule is O=C1OCC(Nc2cc(Cl)cc(Cl)c2)=C1c1cccc(Br)c1. The lowest BCUT2D eigenvalue weighted by Gasteiger charge is -2.09. The van der Waals surface area contributed by atoms with Crippen molar-refractivity contribution in [3.63, 3.8) is 0 Å². The molecule has 3 rings (SSSR count). The van der Waals surface area contributed by atoms with Crippen molar-refractivity contribution < 1.29 is 9.53 Å². The normalized spacial score (nSPS) is 14.2. The van der Waals surface area contributed by atoms with Gasteiger partial charge in [0.05, 0.1) is 11.3 Å². The highest BCUT2D eigenvalue weighted by Crippen LogP contribution is 2.30. The van der Waals surface area contributed by atoms with E-state index in [-0.39, 0.29) is 12.6 Å². The monoisotopic (exact) mass is 397 g/mol. The fraction of sp³-hybridized carbons (Fsp3) is 0.0625. The molecule has 0 aromatic heterocycles. The van der Waals surface area contributed by atoms with E-state index in [0.717, 1.165) is 10.0 Å². The van der Waals surface area contributed by atoms with Crippen molar-refractivity contribution in [3.05, 3.63) is 68.2 Å². The number of benzene rings is 2. The van der Waals surface area contributed by atoms with E-state index in [0.29, 0.717) is 27.0 Å². The van der Waals surface area contributed by atoms with Gasteiger partial charge in [-0.3, -0.25) is 0 Å². The van der Waals surface area contributed by atoms with Crippen LogP contribution in [0, 0.1) is 0 Å². The Morgan fingerprint density at radius 3 is 2.50 bits per heavy atom. The predicted molar refractivity (Wildman–Crippen MR) is 92.1 cm³/mol. The van der Waals surface area contributed by atoms with Gasteiger partial charge in [0, 0.05) is 20.2 Å². The first-order valence-corrected chi connectivity index (χ1v) is 7.97. The first-order valence-electron chi connectivity index (χ1n) is 6.42. The molecule has 2 aromatic rings. The average molecular weight is 399 g/mol. The van der Waals surface area contributed by atoms with Crippen LogP contribution in [-0.4, -0.2) is 12.6 Å². The van der Waals surface area contributed by atoms with Crippen LogP contribution in [0.1, 0.15) is 5.56 Å². The van der Waals surface area contributed by atoms with E-state index < -0.39 is 0 Å². The van der Waals surface area contributed by atoms with Gasteiger partial charge in [0.2, 0.25) is 0 Å². The summed E-state index contributed by atoms with van der Waals surface area (Å²) in [6, 6.07) is 12.6. The minimum Gasteiger partial charge on any atom is -0.456 e. The maximum absolute atomic E-state index is 12.0. The van der Waals surface area contributed by atoms with E-state index in [1.54, 1.807) is 18.2 Å². The minimum absolute atomic E-state index is 0.185. The van der Waals surface area contributed by atoms with Crippen LogP contribution in [0.4, 0.5) is 5.69 Å². The molecule has 0 spiro atoms. The topological polar surface area (TPSA) is 38.3 Å². The lowest BCUT2D eigenvalue weighted by atomic mass is 10.1. The quantitative estimate of drug-likeness (QED) is 0.727. The van der Waals surface area contributed by atoms with E-state index in [2.05, 4.69) is 21.2 Å². The molecule has 0 atom stereocenters. The molecule has 0 amide bonds. The van der Waals surface area contributed by atoms with Crippen molar-refractivity contribution >= 4 is 56.4 Å². The zero-order valence-electron chi connectivity index (χ0n) is 11.2. The Balaban J connectivity index is 2.01. The standard InChI is InChI=1S/C16H10BrCl2NO2/c17-10-3-1-2-9(4-10)15-14(8-22-16(15)21)20-13-6-11(18)5-12(19)7-13/h1-7,20H,8H2. The lowest BCUT2D eigenvalue weighted by molar-refractivity contribution is -0.134. The molecular weight excluding hydrogens is 389 g/mol. The zero-order valence-corrected chi connectivity index (χ0v) is 14.3. The number of halogens is 3. The predicted octanol–water partition coefficient (Wildman–Crippen LogP) is 5.14. The molecule has 2 aromatic carbocycles. The molecule has 1 heterocycles. The number of ether oxygens (including phenoxy) is 1. The Morgan fingerprint density at radius 1 is 1.09 bits per heavy atom. The smallest absolute Gasteiger partial charge is 0.341 e. The van der Waals surface area contributed by atoms with Crippen LogP contribution in [0.2, 0.25) is 10.0 Å². The molecule has 1 N–H and O–H groups in total. The molecule has 1 aliphatic rings. The molecule has 0 saturated carbocycles. The number of carbonyl (C=O) groups excluding carboxylic acids is 1. The van der Waals surface area contributed by atoms with Gasteiger partial charge in [0.1, 0.15) is 6.61 Å². The highest BCUT2D eigenvalue weighted by Gasteiger charge is 2.26. The second kappa shape index (κ2) is 6.32. The minimum atomic E-state index is -0.353. The summed E-state index contributed by atoms with van der Waals surface area (Å²) in [4.78, 5) is 12.0. The largest absolute Gasteiger partial charge is 0.456 e. The molecule has 0 fully saturated rings. The van der Waals surface area contributed by atoms with Crippen LogP contribution in [0.3, 0.4) is 0 Å². The van der Waals surface area contributed by atoms with Crippen molar-refractivity contribution in [1.82, 2.24) is 0 Å². The van der Waals surface area contributed by atoms with E-state index in [4.69, 9.17) is 27.9 Å². The summed E-state index contributed by atoms with van der Waals surface area (Å²) in [6.07, 6.45) is 0. The molecular formula is C16H10BrCl2NO2. The van der Waals surface area contributed by atoms with Gasteiger partial charge in [-0.1, -0.05) is 51.3 Å². The second-order valence-corrected chi connectivity index (χ2v) is 6.51. The Hall–Kier alpha value is -1.49. The van der Waals surface area contributed by atoms with Crippen LogP contribution >= 0.6 is 39.1 Å². The van der Waals surface area contributed by atoms with Gasteiger partial charge in [-0.15, -0.1) is 0 Å². The Labute approximate surface area is 146 Å². The number of cyclic esters (lactones) is 1. The van der Waals surface area contributed by atoms with Gasteiger partial charge in [-0.2, -0.15) is 0 Å². The average Bonchev–Trinajstić information content (AvgIpc) is 2.78. The van der Waals surface area contributed by atoms with Crippen molar-refractivity contribution in [2.45, 2.75) is 0 Å². The summed E-state index contributed by atoms with van der Waals surface area (Å²) in [5.41, 5.74) is 2.68. The van der Waals surface area contributed by atoms with Gasteiger partial charge < -0.3 is 10.1 Å². The molecule has 1 aliphatic heterocycles. The van der Waals surface area contributed by atoms with E-state index >= 15 is 0 Å². The van der Waals surface area contributed by atoms with Crippen LogP contribution in [0.15, 0.2) is 52.6 Å². The maximum Gasteiger partial charge on any atom is 0.341 e. The summed E-state index contributed by atoms with van der Waals surface area (Å²) in [7, 11) is 0. The number of anilines is 1. The van der Waals surface area contributed by atoms with E-state index in [1.165, 1.54) is 0 Å². The number of nitrogens with one attached hydrogen (secondary N) is 1. The van der Waals surface area contributed by atoms with Crippen LogP contribution in [-0.2, 0) is 9.53 Å². The summed E-state index contributed by atoms with van der Waals surface area (Å²) in [5, 5.41) is 4.21. The zero-order chi connectivity index (χ0) is 15.7. The van der Waals surface area contributed by atoms with Gasteiger partial charge in [-0.05, 0) is 35.9 Å². The van der Waals surface area contributed by atoms with Crippen LogP contribution in [0.5, 0.6) is 0 Å². The molecule has 0 bridgehead atoms. The van der Waals surface area contributed by atoms with E-state index in [1.807, 2.05) is 24.3 Å². The van der Waals surface area contributed by atoms with Crippen LogP contribution < -0.4 is 5.32 Å². The van der Waals surface area contributed by atoms with Gasteiger partial charge in [0.15, 0.2) is 0 Å². The second-order valence-electron chi connectivity index (χ2n) is 4.72. The van der Waals surface area contributed by atoms with Gasteiger partial charge in [-0.25, -0.2) is 4.79 Å². The van der Waals surface area contributed by atoms with Gasteiger partial charge >= 0.3 is 5.97 Å². The van der Waals surface area contributed by atoms with Crippen molar-refractivity contribution in [3.8, 4) is 0 Å². The number of rotatable bonds is 3. The number of hydrogen-bond donors (Lipinski definition) is 1. The number of carbonyl (C=O) groups is 1.